The molecule has 0 bridgehead atoms. The zero-order valence-corrected chi connectivity index (χ0v) is 16.6. The maximum Gasteiger partial charge on any atom is 0.243 e. The molecule has 0 radical (unpaired) electrons. The summed E-state index contributed by atoms with van der Waals surface area (Å²) in [5.74, 6) is 0.442. The third kappa shape index (κ3) is 3.56. The predicted octanol–water partition coefficient (Wildman–Crippen LogP) is 3.44. The van der Waals surface area contributed by atoms with Gasteiger partial charge in [-0.3, -0.25) is 4.68 Å². The SMILES string of the molecule is C[C@@H](CO)Nc1nc2c(-c3cnn(C4CC4)c3)nc(-c3ccc(Cl)cc3)cn2n1. The Bertz CT molecular complexity index is 1160. The number of hydrogen-bond donors (Lipinski definition) is 2. The monoisotopic (exact) mass is 409 g/mol. The number of benzene rings is 1. The Morgan fingerprint density at radius 3 is 2.69 bits per heavy atom. The van der Waals surface area contributed by atoms with Crippen molar-refractivity contribution in [3.05, 3.63) is 47.9 Å². The van der Waals surface area contributed by atoms with Gasteiger partial charge in [0.05, 0.1) is 30.7 Å². The topological polar surface area (TPSA) is 93.2 Å². The molecular formula is C20H20ClN7O. The molecule has 1 aliphatic carbocycles. The van der Waals surface area contributed by atoms with E-state index in [0.717, 1.165) is 29.7 Å². The van der Waals surface area contributed by atoms with Gasteiger partial charge in [-0.25, -0.2) is 9.50 Å². The molecule has 8 nitrogen and oxygen atoms in total. The highest BCUT2D eigenvalue weighted by Gasteiger charge is 2.25. The van der Waals surface area contributed by atoms with Crippen molar-refractivity contribution >= 4 is 23.2 Å². The summed E-state index contributed by atoms with van der Waals surface area (Å²) in [5, 5.41) is 22.1. The van der Waals surface area contributed by atoms with E-state index in [1.54, 1.807) is 4.52 Å². The highest BCUT2D eigenvalue weighted by atomic mass is 35.5. The van der Waals surface area contributed by atoms with Crippen LogP contribution in [0.4, 0.5) is 5.95 Å². The first-order valence-electron chi connectivity index (χ1n) is 9.56. The quantitative estimate of drug-likeness (QED) is 0.506. The van der Waals surface area contributed by atoms with E-state index in [2.05, 4.69) is 20.5 Å². The van der Waals surface area contributed by atoms with E-state index in [1.807, 2.05) is 54.5 Å². The van der Waals surface area contributed by atoms with Crippen LogP contribution in [0, 0.1) is 0 Å². The van der Waals surface area contributed by atoms with Crippen molar-refractivity contribution in [2.45, 2.75) is 31.8 Å². The lowest BCUT2D eigenvalue weighted by Crippen LogP contribution is -2.20. The first-order valence-corrected chi connectivity index (χ1v) is 9.94. The average molecular weight is 410 g/mol. The summed E-state index contributed by atoms with van der Waals surface area (Å²) in [4.78, 5) is 9.48. The van der Waals surface area contributed by atoms with Crippen molar-refractivity contribution < 1.29 is 5.11 Å². The van der Waals surface area contributed by atoms with Crippen molar-refractivity contribution in [3.63, 3.8) is 0 Å². The van der Waals surface area contributed by atoms with E-state index in [0.29, 0.717) is 28.4 Å². The second-order valence-electron chi connectivity index (χ2n) is 7.35. The highest BCUT2D eigenvalue weighted by molar-refractivity contribution is 6.30. The molecule has 29 heavy (non-hydrogen) atoms. The maximum atomic E-state index is 9.32. The Morgan fingerprint density at radius 2 is 1.97 bits per heavy atom. The second kappa shape index (κ2) is 7.13. The fourth-order valence-corrected chi connectivity index (χ4v) is 3.30. The smallest absolute Gasteiger partial charge is 0.243 e. The Balaban J connectivity index is 1.65. The number of nitrogens with one attached hydrogen (secondary N) is 1. The molecule has 3 aromatic heterocycles. The zero-order valence-electron chi connectivity index (χ0n) is 15.8. The molecule has 0 unspecified atom stereocenters. The number of aliphatic hydroxyl groups excluding tert-OH is 1. The fraction of sp³-hybridized carbons (Fsp3) is 0.300. The van der Waals surface area contributed by atoms with Crippen LogP contribution < -0.4 is 5.32 Å². The van der Waals surface area contributed by atoms with Gasteiger partial charge in [-0.15, -0.1) is 5.10 Å². The van der Waals surface area contributed by atoms with Crippen LogP contribution in [0.25, 0.3) is 28.2 Å². The number of aliphatic hydroxyl groups is 1. The summed E-state index contributed by atoms with van der Waals surface area (Å²) in [6, 6.07) is 7.86. The number of aromatic nitrogens is 6. The molecule has 1 aliphatic rings. The minimum Gasteiger partial charge on any atom is -0.394 e. The standard InChI is InChI=1S/C20H20ClN7O/c1-12(11-29)23-20-25-19-18(14-8-22-27(9-14)16-6-7-16)24-17(10-28(19)26-20)13-2-4-15(21)5-3-13/h2-5,8-10,12,16,29H,6-7,11H2,1H3,(H,23,26)/t12-/m0/s1. The van der Waals surface area contributed by atoms with E-state index in [4.69, 9.17) is 16.6 Å². The van der Waals surface area contributed by atoms with Gasteiger partial charge in [-0.2, -0.15) is 10.1 Å². The van der Waals surface area contributed by atoms with Gasteiger partial charge in [-0.05, 0) is 31.9 Å². The minimum absolute atomic E-state index is 0.00908. The van der Waals surface area contributed by atoms with Crippen LogP contribution in [0.2, 0.25) is 5.02 Å². The van der Waals surface area contributed by atoms with Gasteiger partial charge in [0, 0.05) is 28.4 Å². The van der Waals surface area contributed by atoms with Gasteiger partial charge in [0.25, 0.3) is 0 Å². The second-order valence-corrected chi connectivity index (χ2v) is 7.79. The molecule has 4 aromatic rings. The molecule has 9 heteroatoms. The molecule has 0 spiro atoms. The van der Waals surface area contributed by atoms with E-state index >= 15 is 0 Å². The lowest BCUT2D eigenvalue weighted by Gasteiger charge is -2.06. The minimum atomic E-state index is -0.155. The normalized spacial score (nSPS) is 15.0. The maximum absolute atomic E-state index is 9.32. The van der Waals surface area contributed by atoms with Crippen LogP contribution in [-0.4, -0.2) is 47.1 Å². The van der Waals surface area contributed by atoms with E-state index in [9.17, 15) is 5.11 Å². The molecule has 5 rings (SSSR count). The molecule has 1 fully saturated rings. The first-order chi connectivity index (χ1) is 14.1. The predicted molar refractivity (Wildman–Crippen MR) is 111 cm³/mol. The van der Waals surface area contributed by atoms with Gasteiger partial charge < -0.3 is 10.4 Å². The highest BCUT2D eigenvalue weighted by Crippen LogP contribution is 2.35. The van der Waals surface area contributed by atoms with Crippen LogP contribution in [0.15, 0.2) is 42.9 Å². The number of anilines is 1. The number of fused-ring (bicyclic) bond motifs is 1. The summed E-state index contributed by atoms with van der Waals surface area (Å²) in [6.45, 7) is 1.86. The molecule has 1 atom stereocenters. The summed E-state index contributed by atoms with van der Waals surface area (Å²) in [7, 11) is 0. The fourth-order valence-electron chi connectivity index (χ4n) is 3.17. The Kier molecular flexibility index (Phi) is 4.44. The van der Waals surface area contributed by atoms with Crippen LogP contribution in [0.3, 0.4) is 0 Å². The number of nitrogens with zero attached hydrogens (tertiary/aromatic N) is 6. The van der Waals surface area contributed by atoms with Crippen LogP contribution >= 0.6 is 11.6 Å². The van der Waals surface area contributed by atoms with Gasteiger partial charge in [-0.1, -0.05) is 23.7 Å². The average Bonchev–Trinajstić information content (AvgIpc) is 3.31. The molecule has 1 saturated carbocycles. The van der Waals surface area contributed by atoms with Crippen molar-refractivity contribution in [3.8, 4) is 22.5 Å². The molecule has 0 aliphatic heterocycles. The Hall–Kier alpha value is -2.97. The van der Waals surface area contributed by atoms with Crippen molar-refractivity contribution in [2.24, 2.45) is 0 Å². The number of rotatable bonds is 6. The summed E-state index contributed by atoms with van der Waals surface area (Å²) in [6.07, 6.45) is 8.00. The zero-order chi connectivity index (χ0) is 20.0. The third-order valence-corrected chi connectivity index (χ3v) is 5.16. The molecule has 2 N–H and O–H groups in total. The van der Waals surface area contributed by atoms with Crippen molar-refractivity contribution in [1.82, 2.24) is 29.4 Å². The van der Waals surface area contributed by atoms with Gasteiger partial charge in [0.1, 0.15) is 5.69 Å². The molecule has 148 valence electrons. The van der Waals surface area contributed by atoms with Gasteiger partial charge in [0.15, 0.2) is 5.65 Å². The Morgan fingerprint density at radius 1 is 1.17 bits per heavy atom. The van der Waals surface area contributed by atoms with Crippen LogP contribution in [0.5, 0.6) is 0 Å². The lowest BCUT2D eigenvalue weighted by atomic mass is 10.1. The van der Waals surface area contributed by atoms with Gasteiger partial charge in [0.2, 0.25) is 5.95 Å². The van der Waals surface area contributed by atoms with Gasteiger partial charge >= 0.3 is 0 Å². The molecule has 3 heterocycles. The summed E-state index contributed by atoms with van der Waals surface area (Å²) >= 11 is 6.04. The van der Waals surface area contributed by atoms with Crippen molar-refractivity contribution in [2.75, 3.05) is 11.9 Å². The summed E-state index contributed by atoms with van der Waals surface area (Å²) in [5.41, 5.74) is 3.93. The number of halogens is 1. The molecule has 1 aromatic carbocycles. The molecular weight excluding hydrogens is 390 g/mol. The molecule has 0 amide bonds. The Labute approximate surface area is 172 Å². The van der Waals surface area contributed by atoms with E-state index < -0.39 is 0 Å². The summed E-state index contributed by atoms with van der Waals surface area (Å²) < 4.78 is 3.71. The van der Waals surface area contributed by atoms with Crippen LogP contribution in [-0.2, 0) is 0 Å². The molecule has 0 saturated heterocycles. The van der Waals surface area contributed by atoms with Crippen LogP contribution in [0.1, 0.15) is 25.8 Å². The van der Waals surface area contributed by atoms with Crippen molar-refractivity contribution in [1.29, 1.82) is 0 Å². The largest absolute Gasteiger partial charge is 0.394 e. The van der Waals surface area contributed by atoms with E-state index in [-0.39, 0.29) is 12.6 Å². The lowest BCUT2D eigenvalue weighted by molar-refractivity contribution is 0.281. The third-order valence-electron chi connectivity index (χ3n) is 4.91. The van der Waals surface area contributed by atoms with E-state index in [1.165, 1.54) is 0 Å². The first kappa shape index (κ1) is 18.1. The number of hydrogen-bond acceptors (Lipinski definition) is 6.